The zero-order valence-electron chi connectivity index (χ0n) is 18.1. The van der Waals surface area contributed by atoms with Crippen LogP contribution in [0.1, 0.15) is 26.3 Å². The van der Waals surface area contributed by atoms with E-state index in [0.717, 1.165) is 16.5 Å². The molecule has 0 spiro atoms. The standard InChI is InChI=1S/C27H20N4O3/c32-26(21-9-10-24-23(16-21)25(34-31-24)19-6-2-1-3-7-19)29-17-18-5-4-8-22(15-18)30-27(33)20-11-13-28-14-12-20/h1-16H,17H2,(H,29,32)(H,30,33). The Bertz CT molecular complexity index is 1460. The van der Waals surface area contributed by atoms with Gasteiger partial charge in [-0.05, 0) is 48.0 Å². The molecule has 5 aromatic rings. The number of benzene rings is 3. The molecule has 7 nitrogen and oxygen atoms in total. The molecule has 34 heavy (non-hydrogen) atoms. The van der Waals surface area contributed by atoms with Crippen LogP contribution in [0.3, 0.4) is 0 Å². The van der Waals surface area contributed by atoms with Crippen LogP contribution in [-0.4, -0.2) is 22.0 Å². The monoisotopic (exact) mass is 448 g/mol. The van der Waals surface area contributed by atoms with Crippen LogP contribution in [0.15, 0.2) is 102 Å². The fourth-order valence-corrected chi connectivity index (χ4v) is 3.63. The first-order valence-corrected chi connectivity index (χ1v) is 10.7. The molecule has 5 rings (SSSR count). The lowest BCUT2D eigenvalue weighted by Crippen LogP contribution is -2.22. The third-order valence-corrected chi connectivity index (χ3v) is 5.36. The molecule has 0 bridgehead atoms. The molecule has 0 saturated carbocycles. The molecule has 0 aliphatic carbocycles. The minimum atomic E-state index is -0.222. The maximum Gasteiger partial charge on any atom is 0.255 e. The van der Waals surface area contributed by atoms with Crippen molar-refractivity contribution < 1.29 is 14.1 Å². The molecule has 0 atom stereocenters. The summed E-state index contributed by atoms with van der Waals surface area (Å²) in [7, 11) is 0. The second-order valence-electron chi connectivity index (χ2n) is 7.68. The van der Waals surface area contributed by atoms with Gasteiger partial charge in [-0.2, -0.15) is 0 Å². The summed E-state index contributed by atoms with van der Waals surface area (Å²) >= 11 is 0. The van der Waals surface area contributed by atoms with E-state index in [-0.39, 0.29) is 11.8 Å². The van der Waals surface area contributed by atoms with Gasteiger partial charge in [0.25, 0.3) is 11.8 Å². The summed E-state index contributed by atoms with van der Waals surface area (Å²) in [5.41, 5.74) is 4.12. The van der Waals surface area contributed by atoms with Gasteiger partial charge >= 0.3 is 0 Å². The van der Waals surface area contributed by atoms with Gasteiger partial charge in [0.1, 0.15) is 5.52 Å². The largest absolute Gasteiger partial charge is 0.355 e. The number of pyridine rings is 1. The first kappa shape index (κ1) is 21.1. The van der Waals surface area contributed by atoms with Crippen molar-refractivity contribution in [3.63, 3.8) is 0 Å². The fourth-order valence-electron chi connectivity index (χ4n) is 3.63. The molecular formula is C27H20N4O3. The van der Waals surface area contributed by atoms with Crippen molar-refractivity contribution in [1.82, 2.24) is 15.5 Å². The highest BCUT2D eigenvalue weighted by Gasteiger charge is 2.14. The second kappa shape index (κ2) is 9.38. The van der Waals surface area contributed by atoms with Gasteiger partial charge in [0.2, 0.25) is 0 Å². The van der Waals surface area contributed by atoms with Gasteiger partial charge in [-0.1, -0.05) is 47.6 Å². The van der Waals surface area contributed by atoms with Crippen molar-refractivity contribution in [1.29, 1.82) is 0 Å². The van der Waals surface area contributed by atoms with Crippen LogP contribution in [0, 0.1) is 0 Å². The average Bonchev–Trinajstić information content (AvgIpc) is 3.32. The molecule has 2 aromatic heterocycles. The highest BCUT2D eigenvalue weighted by Crippen LogP contribution is 2.29. The van der Waals surface area contributed by atoms with E-state index in [1.54, 1.807) is 48.8 Å². The minimum absolute atomic E-state index is 0.215. The summed E-state index contributed by atoms with van der Waals surface area (Å²) in [6.07, 6.45) is 3.14. The van der Waals surface area contributed by atoms with Crippen LogP contribution >= 0.6 is 0 Å². The first-order chi connectivity index (χ1) is 16.7. The molecule has 0 saturated heterocycles. The lowest BCUT2D eigenvalue weighted by atomic mass is 10.1. The Labute approximate surface area is 195 Å². The van der Waals surface area contributed by atoms with E-state index in [0.29, 0.717) is 34.6 Å². The molecule has 2 heterocycles. The Hall–Kier alpha value is -4.78. The summed E-state index contributed by atoms with van der Waals surface area (Å²) in [4.78, 5) is 29.1. The normalized spacial score (nSPS) is 10.7. The number of carbonyl (C=O) groups is 2. The maximum atomic E-state index is 12.8. The summed E-state index contributed by atoms with van der Waals surface area (Å²) in [6, 6.07) is 25.6. The Kier molecular flexibility index (Phi) is 5.82. The molecule has 0 unspecified atom stereocenters. The molecule has 0 aliphatic rings. The maximum absolute atomic E-state index is 12.8. The number of hydrogen-bond donors (Lipinski definition) is 2. The number of amides is 2. The number of nitrogens with zero attached hydrogens (tertiary/aromatic N) is 2. The van der Waals surface area contributed by atoms with Gasteiger partial charge in [-0.15, -0.1) is 0 Å². The quantitative estimate of drug-likeness (QED) is 0.378. The zero-order valence-corrected chi connectivity index (χ0v) is 18.1. The second-order valence-corrected chi connectivity index (χ2v) is 7.68. The van der Waals surface area contributed by atoms with Crippen LogP contribution in [0.5, 0.6) is 0 Å². The van der Waals surface area contributed by atoms with Crippen LogP contribution in [0.25, 0.3) is 22.2 Å². The molecule has 0 radical (unpaired) electrons. The number of rotatable bonds is 6. The molecule has 0 aliphatic heterocycles. The number of hydrogen-bond acceptors (Lipinski definition) is 5. The van der Waals surface area contributed by atoms with Crippen molar-refractivity contribution in [3.8, 4) is 11.3 Å². The van der Waals surface area contributed by atoms with Crippen LogP contribution in [-0.2, 0) is 6.54 Å². The number of aromatic nitrogens is 2. The van der Waals surface area contributed by atoms with Crippen molar-refractivity contribution in [2.24, 2.45) is 0 Å². The van der Waals surface area contributed by atoms with E-state index in [9.17, 15) is 9.59 Å². The van der Waals surface area contributed by atoms with Crippen LogP contribution in [0.2, 0.25) is 0 Å². The molecule has 166 valence electrons. The molecule has 0 fully saturated rings. The van der Waals surface area contributed by atoms with E-state index >= 15 is 0 Å². The number of anilines is 1. The first-order valence-electron chi connectivity index (χ1n) is 10.7. The SMILES string of the molecule is O=C(NCc1cccc(NC(=O)c2ccncc2)c1)c1ccc2noc(-c3ccccc3)c2c1. The van der Waals surface area contributed by atoms with Crippen molar-refractivity contribution in [2.75, 3.05) is 5.32 Å². The zero-order chi connectivity index (χ0) is 23.3. The molecule has 2 amide bonds. The summed E-state index contributed by atoms with van der Waals surface area (Å²) in [6.45, 7) is 0.311. The van der Waals surface area contributed by atoms with Gasteiger partial charge in [-0.3, -0.25) is 14.6 Å². The van der Waals surface area contributed by atoms with Crippen molar-refractivity contribution >= 4 is 28.4 Å². The van der Waals surface area contributed by atoms with E-state index < -0.39 is 0 Å². The highest BCUT2D eigenvalue weighted by atomic mass is 16.5. The smallest absolute Gasteiger partial charge is 0.255 e. The van der Waals surface area contributed by atoms with Crippen LogP contribution in [0.4, 0.5) is 5.69 Å². The number of nitrogens with one attached hydrogen (secondary N) is 2. The summed E-state index contributed by atoms with van der Waals surface area (Å²) in [5, 5.41) is 10.7. The molecular weight excluding hydrogens is 428 g/mol. The van der Waals surface area contributed by atoms with Crippen molar-refractivity contribution in [2.45, 2.75) is 6.54 Å². The predicted molar refractivity (Wildman–Crippen MR) is 129 cm³/mol. The van der Waals surface area contributed by atoms with Crippen molar-refractivity contribution in [3.05, 3.63) is 114 Å². The van der Waals surface area contributed by atoms with Crippen LogP contribution < -0.4 is 10.6 Å². The fraction of sp³-hybridized carbons (Fsp3) is 0.0370. The predicted octanol–water partition coefficient (Wildman–Crippen LogP) is 5.07. The Morgan fingerprint density at radius 3 is 2.44 bits per heavy atom. The van der Waals surface area contributed by atoms with E-state index in [4.69, 9.17) is 4.52 Å². The average molecular weight is 448 g/mol. The summed E-state index contributed by atoms with van der Waals surface area (Å²) in [5.74, 6) is 0.191. The van der Waals surface area contributed by atoms with Gasteiger partial charge in [0.15, 0.2) is 5.76 Å². The van der Waals surface area contributed by atoms with Gasteiger partial charge < -0.3 is 15.2 Å². The van der Waals surface area contributed by atoms with Gasteiger partial charge in [-0.25, -0.2) is 0 Å². The topological polar surface area (TPSA) is 97.1 Å². The van der Waals surface area contributed by atoms with E-state index in [1.165, 1.54) is 0 Å². The minimum Gasteiger partial charge on any atom is -0.355 e. The Morgan fingerprint density at radius 1 is 0.794 bits per heavy atom. The van der Waals surface area contributed by atoms with E-state index in [1.807, 2.05) is 48.5 Å². The Morgan fingerprint density at radius 2 is 1.62 bits per heavy atom. The third-order valence-electron chi connectivity index (χ3n) is 5.36. The number of carbonyl (C=O) groups excluding carboxylic acids is 2. The highest BCUT2D eigenvalue weighted by molar-refractivity contribution is 6.04. The van der Waals surface area contributed by atoms with Gasteiger partial charge in [0.05, 0.1) is 5.39 Å². The molecule has 7 heteroatoms. The molecule has 3 aromatic carbocycles. The van der Waals surface area contributed by atoms with E-state index in [2.05, 4.69) is 20.8 Å². The number of fused-ring (bicyclic) bond motifs is 1. The Balaban J connectivity index is 1.28. The lowest BCUT2D eigenvalue weighted by molar-refractivity contribution is 0.0950. The van der Waals surface area contributed by atoms with Gasteiger partial charge in [0, 0.05) is 41.3 Å². The summed E-state index contributed by atoms with van der Waals surface area (Å²) < 4.78 is 5.52. The lowest BCUT2D eigenvalue weighted by Gasteiger charge is -2.09. The molecule has 2 N–H and O–H groups in total. The third kappa shape index (κ3) is 4.54.